The van der Waals surface area contributed by atoms with E-state index in [0.29, 0.717) is 57.0 Å². The van der Waals surface area contributed by atoms with Crippen molar-refractivity contribution < 1.29 is 33.4 Å². The van der Waals surface area contributed by atoms with Crippen LogP contribution in [0.25, 0.3) is 33.8 Å². The average molecular weight is 1470 g/mol. The maximum atomic E-state index is 12.7. The van der Waals surface area contributed by atoms with Crippen LogP contribution in [0.15, 0.2) is 231 Å². The molecule has 6 N–H and O–H groups in total. The average Bonchev–Trinajstić information content (AvgIpc) is 1.05. The molecule has 0 aliphatic carbocycles. The van der Waals surface area contributed by atoms with Crippen LogP contribution in [0.4, 0.5) is 69.0 Å². The smallest absolute Gasteiger partial charge is 0.229 e. The molecule has 5 aromatic heterocycles. The molecule has 0 spiro atoms. The molecular formula is C84H87N19O7. The van der Waals surface area contributed by atoms with Gasteiger partial charge in [-0.3, -0.25) is 33.9 Å². The molecular weight excluding hydrogens is 1390 g/mol. The number of hydrogen-bond donors (Lipinski definition) is 6. The van der Waals surface area contributed by atoms with Gasteiger partial charge in [-0.15, -0.1) is 0 Å². The molecule has 26 nitrogen and oxygen atoms in total. The number of nitrogens with one attached hydrogen (secondary N) is 6. The fraction of sp³-hybridized carbons (Fsp3) is 0.250. The monoisotopic (exact) mass is 1470 g/mol. The Labute approximate surface area is 638 Å². The number of pyridine rings is 2. The third-order valence-corrected chi connectivity index (χ3v) is 18.9. The summed E-state index contributed by atoms with van der Waals surface area (Å²) in [5.74, 6) is 1.61. The second-order valence-corrected chi connectivity index (χ2v) is 26.7. The lowest BCUT2D eigenvalue weighted by Gasteiger charge is -2.36. The van der Waals surface area contributed by atoms with E-state index in [-0.39, 0.29) is 35.5 Å². The molecule has 1 unspecified atom stereocenters. The number of ether oxygens (including phenoxy) is 2. The first-order chi connectivity index (χ1) is 53.8. The number of morpholine rings is 1. The van der Waals surface area contributed by atoms with E-state index in [4.69, 9.17) is 9.47 Å². The minimum absolute atomic E-state index is 0.00779. The first-order valence-corrected chi connectivity index (χ1v) is 36.8. The zero-order valence-corrected chi connectivity index (χ0v) is 61.4. The van der Waals surface area contributed by atoms with E-state index in [2.05, 4.69) is 123 Å². The van der Waals surface area contributed by atoms with Crippen LogP contribution in [-0.2, 0) is 46.3 Å². The zero-order chi connectivity index (χ0) is 75.8. The summed E-state index contributed by atoms with van der Waals surface area (Å²) in [6.07, 6.45) is 14.6. The molecule has 1 atom stereocenters. The number of aromatic nitrogens is 8. The zero-order valence-electron chi connectivity index (χ0n) is 61.4. The number of anilines is 12. The van der Waals surface area contributed by atoms with E-state index in [9.17, 15) is 24.0 Å². The van der Waals surface area contributed by atoms with Crippen molar-refractivity contribution in [3.05, 3.63) is 243 Å². The number of piperazine rings is 2. The van der Waals surface area contributed by atoms with Gasteiger partial charge in [-0.2, -0.15) is 0 Å². The summed E-state index contributed by atoms with van der Waals surface area (Å²) < 4.78 is 10.7. The van der Waals surface area contributed by atoms with Crippen LogP contribution < -0.4 is 46.6 Å². The highest BCUT2D eigenvalue weighted by atomic mass is 16.5. The van der Waals surface area contributed by atoms with Gasteiger partial charge >= 0.3 is 0 Å². The number of amides is 5. The van der Waals surface area contributed by atoms with Gasteiger partial charge in [0.05, 0.1) is 49.2 Å². The molecule has 4 fully saturated rings. The van der Waals surface area contributed by atoms with E-state index in [0.717, 1.165) is 169 Å². The number of carbonyl (C=O) groups is 5. The Morgan fingerprint density at radius 1 is 0.391 bits per heavy atom. The quantitative estimate of drug-likeness (QED) is 0.0389. The minimum atomic E-state index is -0.105. The lowest BCUT2D eigenvalue weighted by Crippen LogP contribution is -2.49. The molecule has 110 heavy (non-hydrogen) atoms. The van der Waals surface area contributed by atoms with Crippen LogP contribution in [-0.4, -0.2) is 171 Å². The number of carbonyl (C=O) groups excluding carboxylic acids is 5. The Morgan fingerprint density at radius 3 is 1.15 bits per heavy atom. The second-order valence-electron chi connectivity index (χ2n) is 26.7. The molecule has 6 aromatic carbocycles. The lowest BCUT2D eigenvalue weighted by atomic mass is 10.1. The normalized spacial score (nSPS) is 14.7. The fourth-order valence-corrected chi connectivity index (χ4v) is 13.0. The molecule has 0 radical (unpaired) electrons. The summed E-state index contributed by atoms with van der Waals surface area (Å²) >= 11 is 0. The molecule has 26 heteroatoms. The summed E-state index contributed by atoms with van der Waals surface area (Å²) in [7, 11) is 0. The second kappa shape index (κ2) is 37.5. The number of nitrogens with zero attached hydrogens (tertiary/aromatic N) is 13. The SMILES string of the molecule is CC(=O)Nc1ccc(-c2ccnc(Nc3ccc(N4CCN(C(=O)CCc5cccnc5)CC4)cc3)n2)cc1.CC(=O)Nc1ccc(-c2ccnc(Nc3ccc(N4CCN(C(=O)Cc5cccnc5)CC4)cc3)n2)cc1.O=C(Nc1ccc(-c2ccnc(Nc3ccc(N4CCOCC4)cc3)n2)cc1)C1CCOC1. The number of hydrogen-bond acceptors (Lipinski definition) is 21. The fourth-order valence-electron chi connectivity index (χ4n) is 13.0. The van der Waals surface area contributed by atoms with Gasteiger partial charge in [-0.1, -0.05) is 48.5 Å². The Morgan fingerprint density at radius 2 is 0.773 bits per heavy atom. The van der Waals surface area contributed by atoms with Crippen LogP contribution >= 0.6 is 0 Å². The highest BCUT2D eigenvalue weighted by Gasteiger charge is 2.26. The van der Waals surface area contributed by atoms with Gasteiger partial charge in [-0.25, -0.2) is 29.9 Å². The third-order valence-electron chi connectivity index (χ3n) is 18.9. The van der Waals surface area contributed by atoms with Crippen LogP contribution in [0.5, 0.6) is 0 Å². The maximum Gasteiger partial charge on any atom is 0.229 e. The highest BCUT2D eigenvalue weighted by Crippen LogP contribution is 2.29. The number of aryl methyl sites for hydroxylation is 1. The molecule has 4 aliphatic heterocycles. The van der Waals surface area contributed by atoms with Crippen LogP contribution in [0.3, 0.4) is 0 Å². The third kappa shape index (κ3) is 21.6. The predicted molar refractivity (Wildman–Crippen MR) is 429 cm³/mol. The molecule has 560 valence electrons. The number of benzene rings is 6. The molecule has 15 rings (SSSR count). The van der Waals surface area contributed by atoms with Crippen molar-refractivity contribution in [3.63, 3.8) is 0 Å². The van der Waals surface area contributed by atoms with Gasteiger partial charge in [0.1, 0.15) is 0 Å². The molecule has 0 bridgehead atoms. The van der Waals surface area contributed by atoms with E-state index in [1.54, 1.807) is 37.2 Å². The van der Waals surface area contributed by atoms with Crippen molar-refractivity contribution in [1.29, 1.82) is 0 Å². The van der Waals surface area contributed by atoms with Crippen LogP contribution in [0.2, 0.25) is 0 Å². The van der Waals surface area contributed by atoms with E-state index in [1.165, 1.54) is 19.5 Å². The van der Waals surface area contributed by atoms with Crippen LogP contribution in [0.1, 0.15) is 37.8 Å². The molecule has 4 saturated heterocycles. The molecule has 4 aliphatic rings. The predicted octanol–water partition coefficient (Wildman–Crippen LogP) is 12.4. The topological polar surface area (TPSA) is 295 Å². The summed E-state index contributed by atoms with van der Waals surface area (Å²) in [4.78, 5) is 106. The Hall–Kier alpha value is -13.1. The van der Waals surface area contributed by atoms with Crippen molar-refractivity contribution in [3.8, 4) is 33.8 Å². The molecule has 0 saturated carbocycles. The summed E-state index contributed by atoms with van der Waals surface area (Å²) in [6, 6.07) is 60.6. The van der Waals surface area contributed by atoms with E-state index in [1.807, 2.05) is 168 Å². The minimum Gasteiger partial charge on any atom is -0.381 e. The van der Waals surface area contributed by atoms with Gasteiger partial charge in [0, 0.05) is 204 Å². The lowest BCUT2D eigenvalue weighted by molar-refractivity contribution is -0.132. The van der Waals surface area contributed by atoms with Crippen molar-refractivity contribution in [2.75, 3.05) is 138 Å². The number of rotatable bonds is 21. The van der Waals surface area contributed by atoms with Gasteiger partial charge in [-0.05, 0) is 163 Å². The summed E-state index contributed by atoms with van der Waals surface area (Å²) in [5.41, 5.74) is 15.6. The molecule has 5 amide bonds. The maximum absolute atomic E-state index is 12.7. The van der Waals surface area contributed by atoms with Crippen molar-refractivity contribution in [2.45, 2.75) is 39.5 Å². The van der Waals surface area contributed by atoms with Crippen molar-refractivity contribution >= 4 is 98.6 Å². The van der Waals surface area contributed by atoms with Crippen molar-refractivity contribution in [1.82, 2.24) is 49.7 Å². The van der Waals surface area contributed by atoms with Gasteiger partial charge < -0.3 is 65.9 Å². The summed E-state index contributed by atoms with van der Waals surface area (Å²) in [6.45, 7) is 13.5. The largest absolute Gasteiger partial charge is 0.381 e. The molecule has 11 aromatic rings. The Balaban J connectivity index is 0.000000145. The summed E-state index contributed by atoms with van der Waals surface area (Å²) in [5, 5.41) is 18.3. The van der Waals surface area contributed by atoms with Gasteiger partial charge in [0.25, 0.3) is 0 Å². The Bertz CT molecular complexity index is 4830. The highest BCUT2D eigenvalue weighted by molar-refractivity contribution is 5.93. The van der Waals surface area contributed by atoms with Crippen molar-refractivity contribution in [2.24, 2.45) is 5.92 Å². The standard InChI is InChI=1S/C30H31N7O2.C29H29N7O2.C25H27N5O3/c1-22(38)33-25-7-5-24(6-8-25)28-14-16-32-30(35-28)34-26-9-11-27(12-10-26)36-17-19-37(20-18-36)29(39)13-4-23-3-2-15-31-21-23;1-21(37)32-24-6-4-23(5-7-24)27-12-14-31-29(34-27)33-25-8-10-26(11-9-25)35-15-17-36(18-16-35)28(38)19-22-3-2-13-30-20-22;31-24(19-10-14-33-17-19)27-20-3-1-18(2-4-20)23-9-11-26-25(29-23)28-21-5-7-22(8-6-21)30-12-15-32-16-13-30/h2-3,5-12,14-16,21H,4,13,17-20H2,1H3,(H,33,38)(H,32,34,35);2-14,20H,15-19H2,1H3,(H,32,37)(H,31,33,34);1-9,11,19H,10,12-17H2,(H,27,31)(H,26,28,29). The first kappa shape index (κ1) is 75.2. The Kier molecular flexibility index (Phi) is 25.6. The van der Waals surface area contributed by atoms with Gasteiger partial charge in [0.2, 0.25) is 47.4 Å². The molecule has 9 heterocycles. The van der Waals surface area contributed by atoms with Gasteiger partial charge in [0.15, 0.2) is 0 Å². The van der Waals surface area contributed by atoms with E-state index < -0.39 is 0 Å². The van der Waals surface area contributed by atoms with E-state index >= 15 is 0 Å². The van der Waals surface area contributed by atoms with Crippen LogP contribution in [0, 0.1) is 5.92 Å². The first-order valence-electron chi connectivity index (χ1n) is 36.8.